The Morgan fingerprint density at radius 2 is 1.95 bits per heavy atom. The van der Waals surface area contributed by atoms with Gasteiger partial charge in [0, 0.05) is 35.1 Å². The lowest BCUT2D eigenvalue weighted by Crippen LogP contribution is -2.41. The highest BCUT2D eigenvalue weighted by molar-refractivity contribution is 7.23. The Morgan fingerprint density at radius 1 is 1.20 bits per heavy atom. The zero-order valence-corrected chi connectivity index (χ0v) is 25.5. The number of carbonyl (C=O) groups is 1. The number of ether oxygens (including phenoxy) is 2. The predicted octanol–water partition coefficient (Wildman–Crippen LogP) is 5.96. The third-order valence-corrected chi connectivity index (χ3v) is 8.51. The molecular formula is C30H30F3N7O3S. The Labute approximate surface area is 255 Å². The Balaban J connectivity index is 1.50. The molecule has 4 aromatic rings. The Bertz CT molecular complexity index is 1850. The standard InChI is InChI=1S/C30H30F3N7O3S/c1-13(2)37-20-10-40(9-19(20)32)28-36-7-15-16-11-42-12-17(16)21(23(33)24(15)38-28)25-22-14(6-34)27(39-29(41)43-30(3,4)5)44-26(22)18(31)8-35-25/h7-8,13,19-20,37H,9-12H2,1-5H3,(H,39,41)/t19-,20+/m0/s1. The second-order valence-corrected chi connectivity index (χ2v) is 13.1. The molecule has 2 aliphatic rings. The van der Waals surface area contributed by atoms with Crippen molar-refractivity contribution in [2.24, 2.45) is 0 Å². The van der Waals surface area contributed by atoms with E-state index in [-0.39, 0.29) is 69.2 Å². The lowest BCUT2D eigenvalue weighted by atomic mass is 9.94. The third kappa shape index (κ3) is 5.29. The van der Waals surface area contributed by atoms with Crippen molar-refractivity contribution >= 4 is 49.4 Å². The van der Waals surface area contributed by atoms with Crippen molar-refractivity contribution in [3.63, 3.8) is 0 Å². The highest BCUT2D eigenvalue weighted by Gasteiger charge is 2.36. The van der Waals surface area contributed by atoms with Gasteiger partial charge in [0.25, 0.3) is 0 Å². The molecule has 0 bridgehead atoms. The molecule has 0 radical (unpaired) electrons. The molecule has 2 N–H and O–H groups in total. The van der Waals surface area contributed by atoms with Gasteiger partial charge in [0.15, 0.2) is 11.6 Å². The fourth-order valence-corrected chi connectivity index (χ4v) is 6.71. The lowest BCUT2D eigenvalue weighted by molar-refractivity contribution is 0.0636. The van der Waals surface area contributed by atoms with E-state index in [0.717, 1.165) is 17.5 Å². The summed E-state index contributed by atoms with van der Waals surface area (Å²) in [5, 5.41) is 16.4. The molecule has 14 heteroatoms. The van der Waals surface area contributed by atoms with Crippen molar-refractivity contribution in [2.75, 3.05) is 23.3 Å². The smallest absolute Gasteiger partial charge is 0.412 e. The maximum atomic E-state index is 16.7. The van der Waals surface area contributed by atoms with Crippen LogP contribution in [0.5, 0.6) is 0 Å². The minimum absolute atomic E-state index is 0.0129. The minimum Gasteiger partial charge on any atom is -0.444 e. The zero-order chi connectivity index (χ0) is 31.5. The van der Waals surface area contributed by atoms with Crippen molar-refractivity contribution in [1.29, 1.82) is 5.26 Å². The molecule has 2 aliphatic heterocycles. The molecule has 44 heavy (non-hydrogen) atoms. The number of rotatable bonds is 5. The Hall–Kier alpha value is -4.06. The average Bonchev–Trinajstić information content (AvgIpc) is 3.66. The van der Waals surface area contributed by atoms with E-state index >= 15 is 8.78 Å². The van der Waals surface area contributed by atoms with Crippen LogP contribution in [-0.4, -0.2) is 58.0 Å². The molecule has 230 valence electrons. The predicted molar refractivity (Wildman–Crippen MR) is 160 cm³/mol. The number of fused-ring (bicyclic) bond motifs is 4. The van der Waals surface area contributed by atoms with Gasteiger partial charge in [-0.3, -0.25) is 10.3 Å². The summed E-state index contributed by atoms with van der Waals surface area (Å²) in [5.41, 5.74) is 0.239. The quantitative estimate of drug-likeness (QED) is 0.276. The van der Waals surface area contributed by atoms with Crippen molar-refractivity contribution in [3.05, 3.63) is 40.7 Å². The molecule has 1 saturated heterocycles. The molecule has 6 rings (SSSR count). The van der Waals surface area contributed by atoms with Crippen LogP contribution in [0.3, 0.4) is 0 Å². The first-order chi connectivity index (χ1) is 20.9. The number of anilines is 2. The first-order valence-electron chi connectivity index (χ1n) is 14.1. The van der Waals surface area contributed by atoms with Crippen LogP contribution in [0.1, 0.15) is 51.3 Å². The van der Waals surface area contributed by atoms with Crippen molar-refractivity contribution in [3.8, 4) is 17.3 Å². The van der Waals surface area contributed by atoms with Gasteiger partial charge in [-0.05, 0) is 31.9 Å². The molecule has 0 saturated carbocycles. The van der Waals surface area contributed by atoms with E-state index < -0.39 is 35.5 Å². The number of nitrogens with one attached hydrogen (secondary N) is 2. The van der Waals surface area contributed by atoms with Crippen LogP contribution in [0.15, 0.2) is 12.4 Å². The monoisotopic (exact) mass is 625 g/mol. The first kappa shape index (κ1) is 30.0. The number of hydrogen-bond donors (Lipinski definition) is 2. The third-order valence-electron chi connectivity index (χ3n) is 7.40. The number of nitrogens with zero attached hydrogens (tertiary/aromatic N) is 5. The Kier molecular flexibility index (Phi) is 7.59. The molecule has 3 aromatic heterocycles. The van der Waals surface area contributed by atoms with E-state index in [1.54, 1.807) is 25.7 Å². The molecule has 5 heterocycles. The van der Waals surface area contributed by atoms with E-state index in [1.165, 1.54) is 6.20 Å². The number of aromatic nitrogens is 3. The summed E-state index contributed by atoms with van der Waals surface area (Å²) in [6.07, 6.45) is 0.482. The molecule has 1 amide bonds. The van der Waals surface area contributed by atoms with Crippen LogP contribution in [0.25, 0.3) is 32.2 Å². The number of benzene rings is 1. The highest BCUT2D eigenvalue weighted by atomic mass is 32.1. The molecule has 10 nitrogen and oxygen atoms in total. The maximum Gasteiger partial charge on any atom is 0.412 e. The van der Waals surface area contributed by atoms with E-state index in [4.69, 9.17) is 9.47 Å². The largest absolute Gasteiger partial charge is 0.444 e. The van der Waals surface area contributed by atoms with E-state index in [1.807, 2.05) is 19.9 Å². The number of nitriles is 1. The van der Waals surface area contributed by atoms with Crippen LogP contribution in [0.4, 0.5) is 28.9 Å². The summed E-state index contributed by atoms with van der Waals surface area (Å²) in [5.74, 6) is -1.32. The number of halogens is 3. The summed E-state index contributed by atoms with van der Waals surface area (Å²) >= 11 is 0.828. The van der Waals surface area contributed by atoms with Crippen molar-refractivity contribution in [2.45, 2.75) is 71.7 Å². The number of amides is 1. The summed E-state index contributed by atoms with van der Waals surface area (Å²) in [6, 6.07) is 1.68. The fourth-order valence-electron chi connectivity index (χ4n) is 5.67. The van der Waals surface area contributed by atoms with Crippen molar-refractivity contribution in [1.82, 2.24) is 20.3 Å². The molecule has 1 fully saturated rings. The zero-order valence-electron chi connectivity index (χ0n) is 24.7. The fraction of sp³-hybridized carbons (Fsp3) is 0.433. The average molecular weight is 626 g/mol. The van der Waals surface area contributed by atoms with Gasteiger partial charge in [0.2, 0.25) is 5.95 Å². The minimum atomic E-state index is -1.16. The van der Waals surface area contributed by atoms with Gasteiger partial charge >= 0.3 is 6.09 Å². The maximum absolute atomic E-state index is 16.7. The van der Waals surface area contributed by atoms with E-state index in [2.05, 4.69) is 25.6 Å². The van der Waals surface area contributed by atoms with Crippen LogP contribution in [-0.2, 0) is 22.7 Å². The molecule has 2 atom stereocenters. The normalized spacial score (nSPS) is 18.3. The molecule has 0 unspecified atom stereocenters. The van der Waals surface area contributed by atoms with Crippen LogP contribution in [0, 0.1) is 23.0 Å². The van der Waals surface area contributed by atoms with E-state index in [9.17, 15) is 14.4 Å². The number of carbonyl (C=O) groups excluding carboxylic acids is 1. The van der Waals surface area contributed by atoms with Gasteiger partial charge in [0.05, 0.1) is 48.0 Å². The molecule has 0 spiro atoms. The summed E-state index contributed by atoms with van der Waals surface area (Å²) < 4.78 is 57.7. The van der Waals surface area contributed by atoms with Crippen LogP contribution >= 0.6 is 11.3 Å². The summed E-state index contributed by atoms with van der Waals surface area (Å²) in [6.45, 7) is 9.48. The Morgan fingerprint density at radius 3 is 2.66 bits per heavy atom. The topological polar surface area (TPSA) is 125 Å². The number of pyridine rings is 1. The van der Waals surface area contributed by atoms with Gasteiger partial charge in [-0.1, -0.05) is 13.8 Å². The summed E-state index contributed by atoms with van der Waals surface area (Å²) in [4.78, 5) is 27.4. The number of alkyl halides is 1. The van der Waals surface area contributed by atoms with Crippen LogP contribution in [0.2, 0.25) is 0 Å². The first-order valence-corrected chi connectivity index (χ1v) is 14.9. The molecule has 0 aliphatic carbocycles. The van der Waals surface area contributed by atoms with Gasteiger partial charge in [-0.2, -0.15) is 5.26 Å². The van der Waals surface area contributed by atoms with Gasteiger partial charge in [-0.25, -0.2) is 27.9 Å². The lowest BCUT2D eigenvalue weighted by Gasteiger charge is -2.19. The van der Waals surface area contributed by atoms with Crippen molar-refractivity contribution < 1.29 is 27.4 Å². The SMILES string of the molecule is CC(C)N[C@@H]1CN(c2ncc3c4c(c(-c5ncc(F)c6sc(NC(=O)OC(C)(C)C)c(C#N)c56)c(F)c3n2)COC4)C[C@@H]1F. The van der Waals surface area contributed by atoms with Crippen LogP contribution < -0.4 is 15.5 Å². The van der Waals surface area contributed by atoms with Gasteiger partial charge in [-0.15, -0.1) is 11.3 Å². The summed E-state index contributed by atoms with van der Waals surface area (Å²) in [7, 11) is 0. The van der Waals surface area contributed by atoms with E-state index in [0.29, 0.717) is 23.1 Å². The number of thiophene rings is 1. The van der Waals surface area contributed by atoms with Gasteiger partial charge in [0.1, 0.15) is 28.4 Å². The second kappa shape index (κ2) is 11.1. The highest BCUT2D eigenvalue weighted by Crippen LogP contribution is 2.46. The molecule has 1 aromatic carbocycles. The second-order valence-electron chi connectivity index (χ2n) is 12.1. The number of hydrogen-bond acceptors (Lipinski definition) is 10. The molecular weight excluding hydrogens is 595 g/mol. The van der Waals surface area contributed by atoms with Gasteiger partial charge < -0.3 is 19.7 Å².